The van der Waals surface area contributed by atoms with Gasteiger partial charge in [0, 0.05) is 0 Å². The molecular weight excluding hydrogens is 305 g/mol. The van der Waals surface area contributed by atoms with Gasteiger partial charge < -0.3 is 0 Å². The van der Waals surface area contributed by atoms with Crippen LogP contribution in [0.4, 0.5) is 0 Å². The van der Waals surface area contributed by atoms with E-state index >= 15 is 0 Å². The second-order valence-corrected chi connectivity index (χ2v) is 19.1. The van der Waals surface area contributed by atoms with Gasteiger partial charge in [-0.1, -0.05) is 84.2 Å². The summed E-state index contributed by atoms with van der Waals surface area (Å²) in [5.41, 5.74) is 3.48. The van der Waals surface area contributed by atoms with Crippen molar-refractivity contribution in [3.05, 3.63) is 11.1 Å². The summed E-state index contributed by atoms with van der Waals surface area (Å²) in [6.07, 6.45) is 0. The van der Waals surface area contributed by atoms with Crippen LogP contribution in [0.3, 0.4) is 0 Å². The Morgan fingerprint density at radius 1 is 0.400 bits per heavy atom. The molecule has 114 valence electrons. The largest absolute Gasteiger partial charge is 0.0682 e. The van der Waals surface area contributed by atoms with Gasteiger partial charge in [-0.2, -0.15) is 0 Å². The molecule has 4 heteroatoms. The van der Waals surface area contributed by atoms with Crippen LogP contribution in [0.5, 0.6) is 0 Å². The monoisotopic (exact) mass is 338 g/mol. The first-order valence-electron chi connectivity index (χ1n) is 8.27. The zero-order chi connectivity index (χ0) is 15.8. The highest BCUT2D eigenvalue weighted by Crippen LogP contribution is 2.03. The van der Waals surface area contributed by atoms with Crippen LogP contribution in [0.1, 0.15) is 11.1 Å². The Balaban J connectivity index is 3.89. The highest BCUT2D eigenvalue weighted by molar-refractivity contribution is 6.88. The molecule has 1 rings (SSSR count). The molecule has 0 bridgehead atoms. The molecular formula is C16H34Si4. The Bertz CT molecular complexity index is 402. The van der Waals surface area contributed by atoms with Gasteiger partial charge in [-0.15, -0.1) is 0 Å². The quantitative estimate of drug-likeness (QED) is 0.721. The van der Waals surface area contributed by atoms with E-state index in [9.17, 15) is 0 Å². The molecule has 0 radical (unpaired) electrons. The van der Waals surface area contributed by atoms with Crippen molar-refractivity contribution >= 4 is 55.9 Å². The van der Waals surface area contributed by atoms with Crippen LogP contribution in [0.2, 0.25) is 52.4 Å². The Labute approximate surface area is 133 Å². The molecule has 0 atom stereocenters. The van der Waals surface area contributed by atoms with Crippen molar-refractivity contribution in [2.24, 2.45) is 0 Å². The first kappa shape index (κ1) is 18.1. The van der Waals surface area contributed by atoms with E-state index < -0.39 is 35.2 Å². The van der Waals surface area contributed by atoms with Gasteiger partial charge in [-0.05, 0) is 13.8 Å². The van der Waals surface area contributed by atoms with E-state index in [-0.39, 0.29) is 0 Å². The first-order valence-corrected chi connectivity index (χ1v) is 19.8. The van der Waals surface area contributed by atoms with Crippen molar-refractivity contribution in [1.29, 1.82) is 0 Å². The van der Waals surface area contributed by atoms with Gasteiger partial charge in [-0.3, -0.25) is 0 Å². The molecule has 0 aliphatic heterocycles. The van der Waals surface area contributed by atoms with Crippen LogP contribution in [-0.2, 0) is 0 Å². The maximum Gasteiger partial charge on any atom is 0.0649 e. The summed E-state index contributed by atoms with van der Waals surface area (Å²) in [5.74, 6) is 0. The van der Waals surface area contributed by atoms with Crippen molar-refractivity contribution in [2.45, 2.75) is 66.2 Å². The molecule has 0 aliphatic carbocycles. The van der Waals surface area contributed by atoms with E-state index in [1.54, 1.807) is 11.1 Å². The second kappa shape index (κ2) is 6.90. The van der Waals surface area contributed by atoms with E-state index in [2.05, 4.69) is 66.2 Å². The minimum atomic E-state index is -0.741. The van der Waals surface area contributed by atoms with Crippen molar-refractivity contribution in [3.63, 3.8) is 0 Å². The van der Waals surface area contributed by atoms with E-state index in [0.29, 0.717) is 0 Å². The summed E-state index contributed by atoms with van der Waals surface area (Å²) in [6, 6.07) is 0. The highest BCUT2D eigenvalue weighted by Gasteiger charge is 2.25. The van der Waals surface area contributed by atoms with Crippen LogP contribution in [0.15, 0.2) is 0 Å². The molecule has 0 N–H and O–H groups in total. The standard InChI is InChI=1S/C16H34Si4/c1-11-13(17(3)4)15(19(7)8)12(2)16(20(9)10)14(11)18(5)6/h17-20H,1-10H3. The molecule has 0 unspecified atom stereocenters. The Morgan fingerprint density at radius 3 is 0.650 bits per heavy atom. The topological polar surface area (TPSA) is 0 Å². The average molecular weight is 339 g/mol. The number of rotatable bonds is 4. The lowest BCUT2D eigenvalue weighted by Crippen LogP contribution is -2.59. The fourth-order valence-corrected chi connectivity index (χ4v) is 15.8. The third-order valence-electron chi connectivity index (χ3n) is 4.51. The highest BCUT2D eigenvalue weighted by atomic mass is 28.3. The van der Waals surface area contributed by atoms with Crippen molar-refractivity contribution < 1.29 is 0 Å². The van der Waals surface area contributed by atoms with Gasteiger partial charge in [0.2, 0.25) is 0 Å². The Kier molecular flexibility index (Phi) is 6.26. The van der Waals surface area contributed by atoms with Gasteiger partial charge in [0.15, 0.2) is 0 Å². The van der Waals surface area contributed by atoms with Crippen LogP contribution < -0.4 is 20.7 Å². The predicted octanol–water partition coefficient (Wildman–Crippen LogP) is 1.08. The van der Waals surface area contributed by atoms with Crippen molar-refractivity contribution in [2.75, 3.05) is 0 Å². The smallest absolute Gasteiger partial charge is 0.0649 e. The minimum absolute atomic E-state index is 0.741. The maximum absolute atomic E-state index is 2.53. The van der Waals surface area contributed by atoms with E-state index in [1.165, 1.54) is 0 Å². The zero-order valence-electron chi connectivity index (χ0n) is 15.3. The lowest BCUT2D eigenvalue weighted by atomic mass is 10.1. The Morgan fingerprint density at radius 2 is 0.550 bits per heavy atom. The maximum atomic E-state index is 2.53. The molecule has 20 heavy (non-hydrogen) atoms. The zero-order valence-corrected chi connectivity index (χ0v) is 19.9. The van der Waals surface area contributed by atoms with E-state index in [0.717, 1.165) is 0 Å². The molecule has 1 aromatic rings. The molecule has 0 aliphatic rings. The molecule has 0 nitrogen and oxygen atoms in total. The minimum Gasteiger partial charge on any atom is -0.0682 e. The molecule has 0 amide bonds. The van der Waals surface area contributed by atoms with Crippen molar-refractivity contribution in [3.8, 4) is 0 Å². The van der Waals surface area contributed by atoms with Gasteiger partial charge in [-0.25, -0.2) is 0 Å². The molecule has 0 spiro atoms. The van der Waals surface area contributed by atoms with Crippen molar-refractivity contribution in [1.82, 2.24) is 0 Å². The average Bonchev–Trinajstić information content (AvgIpc) is 2.28. The van der Waals surface area contributed by atoms with Gasteiger partial charge >= 0.3 is 0 Å². The molecule has 0 heterocycles. The van der Waals surface area contributed by atoms with Crippen LogP contribution in [0.25, 0.3) is 0 Å². The third-order valence-corrected chi connectivity index (χ3v) is 12.8. The number of hydrogen-bond acceptors (Lipinski definition) is 0. The lowest BCUT2D eigenvalue weighted by Gasteiger charge is -2.30. The van der Waals surface area contributed by atoms with Gasteiger partial charge in [0.05, 0.1) is 35.2 Å². The summed E-state index contributed by atoms with van der Waals surface area (Å²) in [7, 11) is -2.96. The first-order chi connectivity index (χ1) is 9.11. The van der Waals surface area contributed by atoms with Crippen LogP contribution in [0, 0.1) is 13.8 Å². The summed E-state index contributed by atoms with van der Waals surface area (Å²) < 4.78 is 0. The summed E-state index contributed by atoms with van der Waals surface area (Å²) >= 11 is 0. The van der Waals surface area contributed by atoms with Crippen LogP contribution in [-0.4, -0.2) is 35.2 Å². The summed E-state index contributed by atoms with van der Waals surface area (Å²) in [4.78, 5) is 0. The SMILES string of the molecule is Cc1c([SiH](C)C)c([SiH](C)C)c(C)c([SiH](C)C)c1[SiH](C)C. The second-order valence-electron chi connectivity index (χ2n) is 7.52. The molecule has 0 aromatic heterocycles. The molecule has 1 aromatic carbocycles. The fraction of sp³-hybridized carbons (Fsp3) is 0.625. The van der Waals surface area contributed by atoms with E-state index in [1.807, 2.05) is 20.7 Å². The lowest BCUT2D eigenvalue weighted by molar-refractivity contribution is 1.49. The van der Waals surface area contributed by atoms with Gasteiger partial charge in [0.1, 0.15) is 0 Å². The molecule has 0 fully saturated rings. The fourth-order valence-electron chi connectivity index (χ4n) is 4.07. The number of hydrogen-bond donors (Lipinski definition) is 0. The van der Waals surface area contributed by atoms with E-state index in [4.69, 9.17) is 0 Å². The normalized spacial score (nSPS) is 12.3. The summed E-state index contributed by atoms with van der Waals surface area (Å²) in [5, 5.41) is 7.44. The Hall–Kier alpha value is 0.0875. The summed E-state index contributed by atoms with van der Waals surface area (Å²) in [6.45, 7) is 25.1. The van der Waals surface area contributed by atoms with Crippen LogP contribution >= 0.6 is 0 Å². The molecule has 0 saturated heterocycles. The predicted molar refractivity (Wildman–Crippen MR) is 110 cm³/mol. The number of benzene rings is 1. The molecule has 0 saturated carbocycles. The van der Waals surface area contributed by atoms with Gasteiger partial charge in [0.25, 0.3) is 0 Å². The third kappa shape index (κ3) is 3.29.